The highest BCUT2D eigenvalue weighted by atomic mass is 16.5. The second-order valence-electron chi connectivity index (χ2n) is 8.17. The van der Waals surface area contributed by atoms with Gasteiger partial charge in [-0.05, 0) is 56.5 Å². The minimum absolute atomic E-state index is 0.155. The largest absolute Gasteiger partial charge is 0.490 e. The molecule has 30 heavy (non-hydrogen) atoms. The molecule has 1 aliphatic heterocycles. The Labute approximate surface area is 177 Å². The first-order valence-corrected chi connectivity index (χ1v) is 10.8. The summed E-state index contributed by atoms with van der Waals surface area (Å²) >= 11 is 0. The van der Waals surface area contributed by atoms with Crippen molar-refractivity contribution in [1.29, 1.82) is 0 Å². The van der Waals surface area contributed by atoms with E-state index in [-0.39, 0.29) is 11.1 Å². The van der Waals surface area contributed by atoms with E-state index in [1.807, 2.05) is 18.2 Å². The summed E-state index contributed by atoms with van der Waals surface area (Å²) in [6, 6.07) is 9.12. The number of carbonyl (C=O) groups is 1. The number of fused-ring (bicyclic) bond motifs is 1. The number of aromatic nitrogens is 1. The number of nitrogens with zero attached hydrogens (tertiary/aromatic N) is 2. The predicted molar refractivity (Wildman–Crippen MR) is 118 cm³/mol. The first kappa shape index (κ1) is 20.6. The zero-order valence-corrected chi connectivity index (χ0v) is 17.6. The Hall–Kier alpha value is -2.64. The van der Waals surface area contributed by atoms with Gasteiger partial charge in [0.05, 0.1) is 5.69 Å². The van der Waals surface area contributed by atoms with Gasteiger partial charge in [-0.3, -0.25) is 14.5 Å². The molecular formula is C23H30N4O3. The summed E-state index contributed by atoms with van der Waals surface area (Å²) in [5, 5.41) is 2.86. The Kier molecular flexibility index (Phi) is 6.50. The van der Waals surface area contributed by atoms with Crippen molar-refractivity contribution in [2.75, 3.05) is 51.7 Å². The second-order valence-corrected chi connectivity index (χ2v) is 8.17. The van der Waals surface area contributed by atoms with E-state index in [1.165, 1.54) is 0 Å². The van der Waals surface area contributed by atoms with Crippen LogP contribution in [0.4, 0.5) is 5.69 Å². The number of H-pyrrole nitrogens is 1. The van der Waals surface area contributed by atoms with Crippen LogP contribution in [0.2, 0.25) is 0 Å². The van der Waals surface area contributed by atoms with E-state index in [2.05, 4.69) is 27.1 Å². The van der Waals surface area contributed by atoms with Gasteiger partial charge < -0.3 is 19.9 Å². The third-order valence-electron chi connectivity index (χ3n) is 5.98. The monoisotopic (exact) mass is 410 g/mol. The lowest BCUT2D eigenvalue weighted by molar-refractivity contribution is 0.102. The molecule has 1 fully saturated rings. The van der Waals surface area contributed by atoms with Crippen LogP contribution in [0.1, 0.15) is 34.5 Å². The molecule has 1 aromatic carbocycles. The molecule has 2 aromatic rings. The predicted octanol–water partition coefficient (Wildman–Crippen LogP) is 2.13. The van der Waals surface area contributed by atoms with Gasteiger partial charge in [-0.2, -0.15) is 0 Å². The van der Waals surface area contributed by atoms with Crippen molar-refractivity contribution in [3.8, 4) is 5.75 Å². The quantitative estimate of drug-likeness (QED) is 0.763. The molecule has 1 amide bonds. The van der Waals surface area contributed by atoms with Crippen molar-refractivity contribution in [1.82, 2.24) is 14.8 Å². The van der Waals surface area contributed by atoms with Gasteiger partial charge in [0.2, 0.25) is 0 Å². The van der Waals surface area contributed by atoms with Crippen molar-refractivity contribution in [2.45, 2.75) is 25.7 Å². The highest BCUT2D eigenvalue weighted by Crippen LogP contribution is 2.25. The number of hydrogen-bond acceptors (Lipinski definition) is 5. The van der Waals surface area contributed by atoms with Gasteiger partial charge in [-0.25, -0.2) is 0 Å². The number of para-hydroxylation sites is 2. The van der Waals surface area contributed by atoms with Crippen LogP contribution in [0.15, 0.2) is 35.1 Å². The number of aryl methyl sites for hydroxylation is 2. The fraction of sp³-hybridized carbons (Fsp3) is 0.478. The van der Waals surface area contributed by atoms with Crippen LogP contribution >= 0.6 is 0 Å². The number of likely N-dealkylation sites (N-methyl/N-ethyl adjacent to an activating group) is 1. The summed E-state index contributed by atoms with van der Waals surface area (Å²) in [5.41, 5.74) is 2.45. The number of carbonyl (C=O) groups excluding carboxylic acids is 1. The summed E-state index contributed by atoms with van der Waals surface area (Å²) in [6.07, 6.45) is 3.94. The molecule has 7 nitrogen and oxygen atoms in total. The van der Waals surface area contributed by atoms with Crippen molar-refractivity contribution >= 4 is 11.6 Å². The molecule has 1 aromatic heterocycles. The zero-order chi connectivity index (χ0) is 20.9. The summed E-state index contributed by atoms with van der Waals surface area (Å²) in [6.45, 7) is 5.62. The maximum atomic E-state index is 12.8. The van der Waals surface area contributed by atoms with Crippen LogP contribution in [0.5, 0.6) is 5.75 Å². The smallest absolute Gasteiger partial charge is 0.261 e. The summed E-state index contributed by atoms with van der Waals surface area (Å²) in [4.78, 5) is 32.8. The summed E-state index contributed by atoms with van der Waals surface area (Å²) in [5.74, 6) is 0.217. The first-order chi connectivity index (χ1) is 14.6. The normalized spacial score (nSPS) is 17.4. The summed E-state index contributed by atoms with van der Waals surface area (Å²) in [7, 11) is 2.14. The molecule has 1 aliphatic carbocycles. The third-order valence-corrected chi connectivity index (χ3v) is 5.98. The number of pyridine rings is 1. The van der Waals surface area contributed by atoms with Crippen LogP contribution in [-0.4, -0.2) is 67.1 Å². The third kappa shape index (κ3) is 4.91. The molecule has 160 valence electrons. The molecule has 2 heterocycles. The van der Waals surface area contributed by atoms with Crippen molar-refractivity contribution in [3.05, 3.63) is 57.5 Å². The average molecular weight is 411 g/mol. The van der Waals surface area contributed by atoms with E-state index in [1.54, 1.807) is 12.1 Å². The van der Waals surface area contributed by atoms with E-state index in [0.29, 0.717) is 18.0 Å². The van der Waals surface area contributed by atoms with Gasteiger partial charge in [0.15, 0.2) is 0 Å². The Morgan fingerprint density at radius 2 is 1.90 bits per heavy atom. The fourth-order valence-corrected chi connectivity index (χ4v) is 4.09. The first-order valence-electron chi connectivity index (χ1n) is 10.8. The lowest BCUT2D eigenvalue weighted by Crippen LogP contribution is -2.45. The second kappa shape index (κ2) is 9.45. The Morgan fingerprint density at radius 1 is 1.13 bits per heavy atom. The van der Waals surface area contributed by atoms with E-state index in [4.69, 9.17) is 4.74 Å². The number of amides is 1. The molecule has 0 spiro atoms. The van der Waals surface area contributed by atoms with E-state index < -0.39 is 5.91 Å². The molecule has 1 saturated heterocycles. The van der Waals surface area contributed by atoms with E-state index in [9.17, 15) is 9.59 Å². The van der Waals surface area contributed by atoms with Gasteiger partial charge in [0, 0.05) is 38.4 Å². The molecule has 0 bridgehead atoms. The number of piperazine rings is 1. The average Bonchev–Trinajstić information content (AvgIpc) is 2.75. The topological polar surface area (TPSA) is 77.7 Å². The number of hydrogen-bond donors (Lipinski definition) is 2. The molecule has 4 rings (SSSR count). The van der Waals surface area contributed by atoms with Crippen molar-refractivity contribution in [2.24, 2.45) is 0 Å². The van der Waals surface area contributed by atoms with Gasteiger partial charge in [0.25, 0.3) is 11.5 Å². The van der Waals surface area contributed by atoms with Crippen LogP contribution in [-0.2, 0) is 12.8 Å². The number of aromatic amines is 1. The summed E-state index contributed by atoms with van der Waals surface area (Å²) < 4.78 is 5.97. The fourth-order valence-electron chi connectivity index (χ4n) is 4.09. The lowest BCUT2D eigenvalue weighted by atomic mass is 9.95. The van der Waals surface area contributed by atoms with Crippen LogP contribution < -0.4 is 15.6 Å². The maximum Gasteiger partial charge on any atom is 0.261 e. The molecule has 0 unspecified atom stereocenters. The van der Waals surface area contributed by atoms with E-state index in [0.717, 1.165) is 69.7 Å². The molecule has 0 radical (unpaired) electrons. The van der Waals surface area contributed by atoms with Gasteiger partial charge in [-0.1, -0.05) is 12.1 Å². The van der Waals surface area contributed by atoms with Crippen molar-refractivity contribution < 1.29 is 9.53 Å². The molecular weight excluding hydrogens is 380 g/mol. The molecule has 2 N–H and O–H groups in total. The van der Waals surface area contributed by atoms with Gasteiger partial charge in [-0.15, -0.1) is 0 Å². The lowest BCUT2D eigenvalue weighted by Gasteiger charge is -2.32. The SMILES string of the molecule is CN1CCN(CCOc2ccccc2NC(=O)c2cc3c([nH]c2=O)CCCC3)CC1. The molecule has 0 saturated carbocycles. The van der Waals surface area contributed by atoms with Crippen LogP contribution in [0, 0.1) is 0 Å². The van der Waals surface area contributed by atoms with Crippen molar-refractivity contribution in [3.63, 3.8) is 0 Å². The van der Waals surface area contributed by atoms with Crippen LogP contribution in [0.3, 0.4) is 0 Å². The minimum atomic E-state index is -0.403. The minimum Gasteiger partial charge on any atom is -0.490 e. The molecule has 0 atom stereocenters. The van der Waals surface area contributed by atoms with Gasteiger partial charge in [0.1, 0.15) is 17.9 Å². The number of benzene rings is 1. The Bertz CT molecular complexity index is 948. The van der Waals surface area contributed by atoms with Crippen LogP contribution in [0.25, 0.3) is 0 Å². The molecule has 7 heteroatoms. The van der Waals surface area contributed by atoms with E-state index >= 15 is 0 Å². The van der Waals surface area contributed by atoms with Gasteiger partial charge >= 0.3 is 0 Å². The number of anilines is 1. The zero-order valence-electron chi connectivity index (χ0n) is 17.6. The highest BCUT2D eigenvalue weighted by molar-refractivity contribution is 6.04. The maximum absolute atomic E-state index is 12.8. The number of rotatable bonds is 6. The molecule has 2 aliphatic rings. The Balaban J connectivity index is 1.40. The standard InChI is InChI=1S/C23H30N4O3/c1-26-10-12-27(13-11-26)14-15-30-21-9-5-4-8-20(21)25-23(29)18-16-17-6-2-3-7-19(17)24-22(18)28/h4-5,8-9,16H,2-3,6-7,10-15H2,1H3,(H,24,28)(H,25,29). The Morgan fingerprint density at radius 3 is 2.73 bits per heavy atom. The number of ether oxygens (including phenoxy) is 1. The highest BCUT2D eigenvalue weighted by Gasteiger charge is 2.18. The number of nitrogens with one attached hydrogen (secondary N) is 2.